The third-order valence-electron chi connectivity index (χ3n) is 3.60. The molecule has 2 aromatic carbocycles. The molecule has 0 bridgehead atoms. The first-order valence-corrected chi connectivity index (χ1v) is 9.95. The normalized spacial score (nSPS) is 14.3. The predicted molar refractivity (Wildman–Crippen MR) is 111 cm³/mol. The number of rotatable bonds is 6. The van der Waals surface area contributed by atoms with Crippen molar-refractivity contribution in [3.05, 3.63) is 57.8 Å². The summed E-state index contributed by atoms with van der Waals surface area (Å²) < 4.78 is 25.3. The van der Waals surface area contributed by atoms with Gasteiger partial charge in [0.15, 0.2) is 15.8 Å². The number of hydrogen-bond donors (Lipinski definition) is 0. The lowest BCUT2D eigenvalue weighted by molar-refractivity contribution is -0.123. The van der Waals surface area contributed by atoms with Gasteiger partial charge < -0.3 is 9.47 Å². The van der Waals surface area contributed by atoms with Crippen LogP contribution < -0.4 is 9.47 Å². The molecule has 1 aliphatic rings. The Morgan fingerprint density at radius 2 is 2.11 bits per heavy atom. The number of amides is 1. The highest BCUT2D eigenvalue weighted by Crippen LogP contribution is 2.37. The summed E-state index contributed by atoms with van der Waals surface area (Å²) in [6.07, 6.45) is 1.53. The second-order valence-electron chi connectivity index (χ2n) is 5.45. The lowest BCUT2D eigenvalue weighted by atomic mass is 10.2. The standard InChI is InChI=1S/C18H14BrFN2O3S2/c1-24-15-7-12(8-21-22-16(23)10-27-18(22)26)6-14(19)17(15)25-9-11-2-4-13(20)5-3-11/h2-8H,9-10H2,1H3/b21-8+. The molecule has 1 saturated heterocycles. The SMILES string of the molecule is COc1cc(/C=N/N2C(=O)CSC2=S)cc(Br)c1OCc1ccc(F)cc1. The fourth-order valence-corrected chi connectivity index (χ4v) is 3.81. The van der Waals surface area contributed by atoms with Crippen LogP contribution in [-0.4, -0.2) is 34.3 Å². The van der Waals surface area contributed by atoms with Crippen LogP contribution in [0.3, 0.4) is 0 Å². The highest BCUT2D eigenvalue weighted by molar-refractivity contribution is 9.10. The summed E-state index contributed by atoms with van der Waals surface area (Å²) in [4.78, 5) is 11.7. The Hall–Kier alpha value is -1.97. The first-order chi connectivity index (χ1) is 13.0. The van der Waals surface area contributed by atoms with Crippen LogP contribution in [0.25, 0.3) is 0 Å². The van der Waals surface area contributed by atoms with Gasteiger partial charge in [0, 0.05) is 0 Å². The topological polar surface area (TPSA) is 51.1 Å². The van der Waals surface area contributed by atoms with Gasteiger partial charge in [0.25, 0.3) is 5.91 Å². The highest BCUT2D eigenvalue weighted by atomic mass is 79.9. The van der Waals surface area contributed by atoms with E-state index in [0.717, 1.165) is 5.56 Å². The van der Waals surface area contributed by atoms with Crippen molar-refractivity contribution in [1.29, 1.82) is 0 Å². The third kappa shape index (κ3) is 4.85. The van der Waals surface area contributed by atoms with Gasteiger partial charge in [-0.15, -0.1) is 0 Å². The van der Waals surface area contributed by atoms with Crippen LogP contribution in [0.1, 0.15) is 11.1 Å². The summed E-state index contributed by atoms with van der Waals surface area (Å²) in [5, 5.41) is 5.36. The molecular formula is C18H14BrFN2O3S2. The lowest BCUT2D eigenvalue weighted by Gasteiger charge is -2.14. The van der Waals surface area contributed by atoms with Crippen LogP contribution in [0.5, 0.6) is 11.5 Å². The number of ether oxygens (including phenoxy) is 2. The van der Waals surface area contributed by atoms with Crippen molar-refractivity contribution < 1.29 is 18.7 Å². The van der Waals surface area contributed by atoms with E-state index in [9.17, 15) is 9.18 Å². The number of benzene rings is 2. The van der Waals surface area contributed by atoms with E-state index in [1.807, 2.05) is 0 Å². The largest absolute Gasteiger partial charge is 0.493 e. The first-order valence-electron chi connectivity index (χ1n) is 7.76. The lowest BCUT2D eigenvalue weighted by Crippen LogP contribution is -2.22. The monoisotopic (exact) mass is 468 g/mol. The molecule has 0 saturated carbocycles. The van der Waals surface area contributed by atoms with Crippen molar-refractivity contribution in [2.75, 3.05) is 12.9 Å². The van der Waals surface area contributed by atoms with E-state index in [2.05, 4.69) is 21.0 Å². The number of carbonyl (C=O) groups excluding carboxylic acids is 1. The van der Waals surface area contributed by atoms with Gasteiger partial charge in [0.2, 0.25) is 0 Å². The summed E-state index contributed by atoms with van der Waals surface area (Å²) in [6.45, 7) is 0.260. The van der Waals surface area contributed by atoms with Gasteiger partial charge in [-0.2, -0.15) is 10.1 Å². The van der Waals surface area contributed by atoms with Crippen LogP contribution in [-0.2, 0) is 11.4 Å². The zero-order valence-corrected chi connectivity index (χ0v) is 17.4. The fourth-order valence-electron chi connectivity index (χ4n) is 2.27. The van der Waals surface area contributed by atoms with Crippen molar-refractivity contribution >= 4 is 56.4 Å². The Kier molecular flexibility index (Phi) is 6.46. The molecule has 0 N–H and O–H groups in total. The van der Waals surface area contributed by atoms with Crippen LogP contribution in [0.2, 0.25) is 0 Å². The molecule has 3 rings (SSSR count). The number of hydrogen-bond acceptors (Lipinski definition) is 6. The maximum Gasteiger partial charge on any atom is 0.259 e. The van der Waals surface area contributed by atoms with E-state index >= 15 is 0 Å². The van der Waals surface area contributed by atoms with Gasteiger partial charge in [-0.1, -0.05) is 36.1 Å². The molecule has 0 aromatic heterocycles. The van der Waals surface area contributed by atoms with Gasteiger partial charge in [-0.05, 0) is 51.3 Å². The van der Waals surface area contributed by atoms with E-state index in [-0.39, 0.29) is 18.3 Å². The number of thioether (sulfide) groups is 1. The second kappa shape index (κ2) is 8.81. The molecule has 140 valence electrons. The number of nitrogens with zero attached hydrogens (tertiary/aromatic N) is 2. The van der Waals surface area contributed by atoms with E-state index in [0.29, 0.717) is 31.6 Å². The fraction of sp³-hybridized carbons (Fsp3) is 0.167. The van der Waals surface area contributed by atoms with Gasteiger partial charge in [0.05, 0.1) is 23.5 Å². The van der Waals surface area contributed by atoms with Crippen LogP contribution >= 0.6 is 39.9 Å². The van der Waals surface area contributed by atoms with Gasteiger partial charge in [0.1, 0.15) is 12.4 Å². The summed E-state index contributed by atoms with van der Waals surface area (Å²) in [6, 6.07) is 9.61. The molecule has 1 amide bonds. The molecule has 0 atom stereocenters. The number of hydrazone groups is 1. The number of carbonyl (C=O) groups is 1. The Balaban J connectivity index is 1.77. The van der Waals surface area contributed by atoms with Crippen LogP contribution in [0.15, 0.2) is 46.0 Å². The molecule has 0 radical (unpaired) electrons. The zero-order valence-electron chi connectivity index (χ0n) is 14.1. The Labute approximate surface area is 173 Å². The van der Waals surface area contributed by atoms with Gasteiger partial charge in [-0.25, -0.2) is 4.39 Å². The maximum absolute atomic E-state index is 13.0. The zero-order chi connectivity index (χ0) is 19.4. The molecule has 0 spiro atoms. The molecule has 0 aliphatic carbocycles. The molecule has 27 heavy (non-hydrogen) atoms. The van der Waals surface area contributed by atoms with Crippen LogP contribution in [0, 0.1) is 5.82 Å². The quantitative estimate of drug-likeness (QED) is 0.465. The number of methoxy groups -OCH3 is 1. The van der Waals surface area contributed by atoms with Gasteiger partial charge >= 0.3 is 0 Å². The minimum Gasteiger partial charge on any atom is -0.493 e. The molecule has 1 heterocycles. The molecule has 5 nitrogen and oxygen atoms in total. The summed E-state index contributed by atoms with van der Waals surface area (Å²) in [5.74, 6) is 0.876. The summed E-state index contributed by atoms with van der Waals surface area (Å²) >= 11 is 9.84. The average Bonchev–Trinajstić information content (AvgIpc) is 2.98. The van der Waals surface area contributed by atoms with E-state index in [1.54, 1.807) is 24.3 Å². The Morgan fingerprint density at radius 1 is 1.37 bits per heavy atom. The molecule has 1 fully saturated rings. The molecule has 2 aromatic rings. The number of thiocarbonyl (C=S) groups is 1. The van der Waals surface area contributed by atoms with Gasteiger partial charge in [-0.3, -0.25) is 4.79 Å². The molecule has 0 unspecified atom stereocenters. The minimum atomic E-state index is -0.296. The van der Waals surface area contributed by atoms with Crippen molar-refractivity contribution in [1.82, 2.24) is 5.01 Å². The molecule has 9 heteroatoms. The van der Waals surface area contributed by atoms with Crippen molar-refractivity contribution in [2.45, 2.75) is 6.61 Å². The maximum atomic E-state index is 13.0. The van der Waals surface area contributed by atoms with Crippen molar-refractivity contribution in [2.24, 2.45) is 5.10 Å². The Bertz CT molecular complexity index is 890. The van der Waals surface area contributed by atoms with E-state index in [1.165, 1.54) is 42.2 Å². The van der Waals surface area contributed by atoms with Crippen molar-refractivity contribution in [3.63, 3.8) is 0 Å². The highest BCUT2D eigenvalue weighted by Gasteiger charge is 2.26. The first kappa shape index (κ1) is 19.8. The number of halogens is 2. The Morgan fingerprint density at radius 3 is 2.74 bits per heavy atom. The third-order valence-corrected chi connectivity index (χ3v) is 5.53. The second-order valence-corrected chi connectivity index (χ2v) is 7.92. The predicted octanol–water partition coefficient (Wildman–Crippen LogP) is 4.37. The average molecular weight is 469 g/mol. The van der Waals surface area contributed by atoms with Crippen molar-refractivity contribution in [3.8, 4) is 11.5 Å². The molecule has 1 aliphatic heterocycles. The smallest absolute Gasteiger partial charge is 0.259 e. The minimum absolute atomic E-state index is 0.147. The van der Waals surface area contributed by atoms with Crippen LogP contribution in [0.4, 0.5) is 4.39 Å². The summed E-state index contributed by atoms with van der Waals surface area (Å²) in [7, 11) is 1.53. The summed E-state index contributed by atoms with van der Waals surface area (Å²) in [5.41, 5.74) is 1.54. The van der Waals surface area contributed by atoms with E-state index < -0.39 is 0 Å². The molecular weight excluding hydrogens is 455 g/mol. The van der Waals surface area contributed by atoms with E-state index in [4.69, 9.17) is 21.7 Å².